The number of hydrogen-bond donors (Lipinski definition) is 3. The maximum absolute atomic E-state index is 12.4. The first-order valence-electron chi connectivity index (χ1n) is 7.92. The molecular formula is C17H27N3O3. The van der Waals surface area contributed by atoms with Gasteiger partial charge in [-0.05, 0) is 40.8 Å². The second-order valence-corrected chi connectivity index (χ2v) is 7.15. The Kier molecular flexibility index (Phi) is 4.96. The van der Waals surface area contributed by atoms with Gasteiger partial charge in [0, 0.05) is 24.2 Å². The van der Waals surface area contributed by atoms with Gasteiger partial charge in [0.15, 0.2) is 0 Å². The lowest BCUT2D eigenvalue weighted by molar-refractivity contribution is -0.125. The molecule has 6 nitrogen and oxygen atoms in total. The number of nitrogens with one attached hydrogen (secondary N) is 2. The maximum Gasteiger partial charge on any atom is 0.226 e. The molecule has 1 aromatic rings. The van der Waals surface area contributed by atoms with Gasteiger partial charge in [0.25, 0.3) is 0 Å². The van der Waals surface area contributed by atoms with Crippen LogP contribution in [-0.4, -0.2) is 47.3 Å². The van der Waals surface area contributed by atoms with Crippen LogP contribution in [-0.2, 0) is 4.79 Å². The minimum atomic E-state index is -0.943. The smallest absolute Gasteiger partial charge is 0.226 e. The van der Waals surface area contributed by atoms with Crippen LogP contribution in [0.4, 0.5) is 0 Å². The molecule has 6 heteroatoms. The van der Waals surface area contributed by atoms with Crippen molar-refractivity contribution in [2.24, 2.45) is 11.8 Å². The summed E-state index contributed by atoms with van der Waals surface area (Å²) in [5.41, 5.74) is -0.542. The molecule has 1 fully saturated rings. The third-order valence-electron chi connectivity index (χ3n) is 4.37. The highest BCUT2D eigenvalue weighted by atomic mass is 16.5. The maximum atomic E-state index is 12.4. The molecule has 0 aromatic carbocycles. The Morgan fingerprint density at radius 1 is 1.52 bits per heavy atom. The molecule has 1 saturated carbocycles. The first-order valence-corrected chi connectivity index (χ1v) is 7.92. The summed E-state index contributed by atoms with van der Waals surface area (Å²) in [7, 11) is 1.82. The lowest BCUT2D eigenvalue weighted by atomic mass is 10.1. The highest BCUT2D eigenvalue weighted by Gasteiger charge is 2.64. The summed E-state index contributed by atoms with van der Waals surface area (Å²) >= 11 is 0. The number of aromatic nitrogens is 1. The number of carbonyl (C=O) groups excluding carboxylic acids is 1. The Bertz CT molecular complexity index is 572. The Morgan fingerprint density at radius 2 is 2.22 bits per heavy atom. The molecule has 0 saturated heterocycles. The molecule has 23 heavy (non-hydrogen) atoms. The molecule has 0 radical (unpaired) electrons. The van der Waals surface area contributed by atoms with E-state index in [1.54, 1.807) is 13.1 Å². The molecule has 2 rings (SSSR count). The van der Waals surface area contributed by atoms with Gasteiger partial charge in [-0.2, -0.15) is 0 Å². The van der Waals surface area contributed by atoms with E-state index in [2.05, 4.69) is 15.6 Å². The van der Waals surface area contributed by atoms with E-state index in [-0.39, 0.29) is 17.7 Å². The number of nitrogens with zero attached hydrogens (tertiary/aromatic N) is 1. The van der Waals surface area contributed by atoms with E-state index in [0.717, 1.165) is 5.56 Å². The summed E-state index contributed by atoms with van der Waals surface area (Å²) < 4.78 is 5.73. The Hall–Kier alpha value is -1.66. The van der Waals surface area contributed by atoms with Crippen LogP contribution in [0.5, 0.6) is 5.88 Å². The second kappa shape index (κ2) is 6.45. The summed E-state index contributed by atoms with van der Waals surface area (Å²) in [5, 5.41) is 16.2. The van der Waals surface area contributed by atoms with Gasteiger partial charge in [-0.1, -0.05) is 6.07 Å². The first kappa shape index (κ1) is 17.7. The van der Waals surface area contributed by atoms with Gasteiger partial charge in [0.2, 0.25) is 11.8 Å². The third kappa shape index (κ3) is 4.00. The quantitative estimate of drug-likeness (QED) is 0.694. The third-order valence-corrected chi connectivity index (χ3v) is 4.37. The first-order chi connectivity index (χ1) is 10.7. The fourth-order valence-corrected chi connectivity index (χ4v) is 2.90. The van der Waals surface area contributed by atoms with Crippen LogP contribution in [0.3, 0.4) is 0 Å². The van der Waals surface area contributed by atoms with Crippen molar-refractivity contribution >= 4 is 5.91 Å². The average molecular weight is 321 g/mol. The van der Waals surface area contributed by atoms with Crippen LogP contribution in [0.15, 0.2) is 18.3 Å². The molecule has 128 valence electrons. The van der Waals surface area contributed by atoms with Crippen molar-refractivity contribution in [2.75, 3.05) is 20.2 Å². The minimum Gasteiger partial charge on any atom is -0.475 e. The minimum absolute atomic E-state index is 0.0535. The molecule has 1 aliphatic rings. The van der Waals surface area contributed by atoms with E-state index in [9.17, 15) is 9.90 Å². The van der Waals surface area contributed by atoms with Crippen LogP contribution >= 0.6 is 0 Å². The topological polar surface area (TPSA) is 83.5 Å². The Labute approximate surface area is 137 Å². The zero-order valence-corrected chi connectivity index (χ0v) is 14.5. The number of pyridine rings is 1. The number of amides is 1. The number of aliphatic hydroxyl groups is 1. The van der Waals surface area contributed by atoms with Gasteiger partial charge in [0.05, 0.1) is 17.1 Å². The molecular weight excluding hydrogens is 294 g/mol. The Morgan fingerprint density at radius 3 is 2.83 bits per heavy atom. The highest BCUT2D eigenvalue weighted by Crippen LogP contribution is 2.50. The van der Waals surface area contributed by atoms with E-state index >= 15 is 0 Å². The van der Waals surface area contributed by atoms with Crippen molar-refractivity contribution in [3.05, 3.63) is 23.9 Å². The Balaban J connectivity index is 1.91. The molecule has 1 aromatic heterocycles. The number of ether oxygens (including phenoxy) is 1. The van der Waals surface area contributed by atoms with Gasteiger partial charge in [-0.15, -0.1) is 0 Å². The largest absolute Gasteiger partial charge is 0.475 e. The summed E-state index contributed by atoms with van der Waals surface area (Å²) in [5.74, 6) is -0.00374. The average Bonchev–Trinajstić information content (AvgIpc) is 2.99. The van der Waals surface area contributed by atoms with E-state index in [1.165, 1.54) is 0 Å². The second-order valence-electron chi connectivity index (χ2n) is 7.15. The number of aryl methyl sites for hydroxylation is 1. The monoisotopic (exact) mass is 321 g/mol. The van der Waals surface area contributed by atoms with Gasteiger partial charge in [-0.25, -0.2) is 4.98 Å². The molecule has 3 atom stereocenters. The molecule has 1 heterocycles. The van der Waals surface area contributed by atoms with E-state index in [4.69, 9.17) is 4.74 Å². The van der Waals surface area contributed by atoms with Crippen LogP contribution in [0.2, 0.25) is 0 Å². The fourth-order valence-electron chi connectivity index (χ4n) is 2.90. The van der Waals surface area contributed by atoms with Gasteiger partial charge < -0.3 is 20.5 Å². The van der Waals surface area contributed by atoms with Crippen LogP contribution in [0, 0.1) is 18.8 Å². The SMILES string of the molecule is CNCC1C(C(=O)NC(C)(C)COc2ncccc2C)C1(C)O. The summed E-state index contributed by atoms with van der Waals surface area (Å²) in [6.07, 6.45) is 1.68. The van der Waals surface area contributed by atoms with Gasteiger partial charge in [0.1, 0.15) is 6.61 Å². The lowest BCUT2D eigenvalue weighted by Gasteiger charge is -2.26. The van der Waals surface area contributed by atoms with E-state index in [0.29, 0.717) is 19.0 Å². The summed E-state index contributed by atoms with van der Waals surface area (Å²) in [4.78, 5) is 16.6. The van der Waals surface area contributed by atoms with Crippen molar-refractivity contribution in [2.45, 2.75) is 38.8 Å². The highest BCUT2D eigenvalue weighted by molar-refractivity contribution is 5.84. The van der Waals surface area contributed by atoms with Crippen molar-refractivity contribution in [1.29, 1.82) is 0 Å². The molecule has 0 aliphatic heterocycles. The van der Waals surface area contributed by atoms with Crippen molar-refractivity contribution in [3.8, 4) is 5.88 Å². The molecule has 0 bridgehead atoms. The normalized spacial score (nSPS) is 26.7. The molecule has 3 N–H and O–H groups in total. The predicted octanol–water partition coefficient (Wildman–Crippen LogP) is 0.880. The standard InChI is InChI=1S/C17H27N3O3/c1-11-7-6-8-19-15(11)23-10-16(2,3)20-14(21)13-12(9-18-5)17(13,4)22/h6-8,12-13,18,22H,9-10H2,1-5H3,(H,20,21). The fraction of sp³-hybridized carbons (Fsp3) is 0.647. The zero-order valence-electron chi connectivity index (χ0n) is 14.5. The molecule has 3 unspecified atom stereocenters. The van der Waals surface area contributed by atoms with Crippen molar-refractivity contribution in [1.82, 2.24) is 15.6 Å². The predicted molar refractivity (Wildman–Crippen MR) is 88.2 cm³/mol. The summed E-state index contributed by atoms with van der Waals surface area (Å²) in [6.45, 7) is 8.36. The number of carbonyl (C=O) groups is 1. The van der Waals surface area contributed by atoms with Crippen molar-refractivity contribution in [3.63, 3.8) is 0 Å². The molecule has 1 amide bonds. The zero-order chi connectivity index (χ0) is 17.3. The number of rotatable bonds is 7. The summed E-state index contributed by atoms with van der Waals surface area (Å²) in [6, 6.07) is 3.78. The van der Waals surface area contributed by atoms with E-state index in [1.807, 2.05) is 40.0 Å². The molecule has 0 spiro atoms. The van der Waals surface area contributed by atoms with Crippen LogP contribution in [0.25, 0.3) is 0 Å². The van der Waals surface area contributed by atoms with E-state index < -0.39 is 11.1 Å². The van der Waals surface area contributed by atoms with Gasteiger partial charge in [-0.3, -0.25) is 4.79 Å². The number of hydrogen-bond acceptors (Lipinski definition) is 5. The van der Waals surface area contributed by atoms with Crippen molar-refractivity contribution < 1.29 is 14.6 Å². The van der Waals surface area contributed by atoms with Crippen LogP contribution in [0.1, 0.15) is 26.3 Å². The molecule has 1 aliphatic carbocycles. The van der Waals surface area contributed by atoms with Crippen LogP contribution < -0.4 is 15.4 Å². The lowest BCUT2D eigenvalue weighted by Crippen LogP contribution is -2.49. The van der Waals surface area contributed by atoms with Gasteiger partial charge >= 0.3 is 0 Å².